The predicted molar refractivity (Wildman–Crippen MR) is 95.2 cm³/mol. The summed E-state index contributed by atoms with van der Waals surface area (Å²) < 4.78 is 5.73. The second-order valence-electron chi connectivity index (χ2n) is 5.78. The number of nitrogens with zero attached hydrogens (tertiary/aromatic N) is 1. The van der Waals surface area contributed by atoms with Gasteiger partial charge in [0.25, 0.3) is 0 Å². The van der Waals surface area contributed by atoms with Crippen molar-refractivity contribution in [2.75, 3.05) is 5.32 Å². The Balaban J connectivity index is 1.69. The monoisotopic (exact) mass is 329 g/mol. The van der Waals surface area contributed by atoms with Crippen LogP contribution in [0.5, 0.6) is 5.75 Å². The smallest absolute Gasteiger partial charge is 0.156 e. The topological polar surface area (TPSA) is 45.6 Å². The predicted octanol–water partition coefficient (Wildman–Crippen LogP) is 4.09. The summed E-state index contributed by atoms with van der Waals surface area (Å²) in [6, 6.07) is 14.3. The lowest BCUT2D eigenvalue weighted by Gasteiger charge is -2.16. The van der Waals surface area contributed by atoms with Crippen molar-refractivity contribution in [2.45, 2.75) is 33.0 Å². The molecule has 0 unspecified atom stereocenters. The molecule has 2 N–H and O–H groups in total. The van der Waals surface area contributed by atoms with Crippen LogP contribution in [0, 0.1) is 0 Å². The number of rotatable bonds is 5. The van der Waals surface area contributed by atoms with Crippen LogP contribution in [0.4, 0.5) is 5.69 Å². The molecular weight excluding hydrogens is 310 g/mol. The van der Waals surface area contributed by atoms with Crippen molar-refractivity contribution in [1.82, 2.24) is 5.43 Å². The van der Waals surface area contributed by atoms with Gasteiger partial charge in [0, 0.05) is 17.8 Å². The van der Waals surface area contributed by atoms with Crippen molar-refractivity contribution in [3.05, 3.63) is 59.2 Å². The molecule has 0 saturated heterocycles. The third-order valence-electron chi connectivity index (χ3n) is 3.55. The molecule has 0 aliphatic carbocycles. The average molecular weight is 330 g/mol. The second kappa shape index (κ2) is 6.92. The maximum Gasteiger partial charge on any atom is 0.156 e. The molecule has 1 aliphatic heterocycles. The van der Waals surface area contributed by atoms with Crippen molar-refractivity contribution in [1.29, 1.82) is 0 Å². The molecule has 1 heterocycles. The van der Waals surface area contributed by atoms with Gasteiger partial charge in [-0.05, 0) is 49.2 Å². The van der Waals surface area contributed by atoms with E-state index in [0.717, 1.165) is 29.1 Å². The van der Waals surface area contributed by atoms with Crippen molar-refractivity contribution in [3.8, 4) is 5.75 Å². The molecule has 0 fully saturated rings. The number of nitrogens with one attached hydrogen (secondary N) is 2. The van der Waals surface area contributed by atoms with Gasteiger partial charge in [0.05, 0.1) is 12.6 Å². The highest BCUT2D eigenvalue weighted by Gasteiger charge is 2.12. The van der Waals surface area contributed by atoms with Gasteiger partial charge >= 0.3 is 0 Å². The SMILES string of the molecule is CC(C)Oc1cccc(CNc2ccc3c(c2)C(Cl)=NNC3)c1. The number of anilines is 1. The largest absolute Gasteiger partial charge is 0.491 e. The van der Waals surface area contributed by atoms with Gasteiger partial charge in [-0.25, -0.2) is 0 Å². The van der Waals surface area contributed by atoms with E-state index in [1.807, 2.05) is 32.0 Å². The zero-order valence-electron chi connectivity index (χ0n) is 13.3. The fourth-order valence-electron chi connectivity index (χ4n) is 2.49. The molecule has 4 nitrogen and oxygen atoms in total. The fourth-order valence-corrected chi connectivity index (χ4v) is 2.73. The third-order valence-corrected chi connectivity index (χ3v) is 3.83. The molecule has 0 atom stereocenters. The van der Waals surface area contributed by atoms with Gasteiger partial charge in [0.1, 0.15) is 5.75 Å². The van der Waals surface area contributed by atoms with E-state index >= 15 is 0 Å². The Morgan fingerprint density at radius 1 is 1.26 bits per heavy atom. The zero-order valence-corrected chi connectivity index (χ0v) is 14.0. The van der Waals surface area contributed by atoms with E-state index in [1.165, 1.54) is 5.56 Å². The Hall–Kier alpha value is -2.20. The second-order valence-corrected chi connectivity index (χ2v) is 6.14. The van der Waals surface area contributed by atoms with E-state index in [4.69, 9.17) is 16.3 Å². The molecule has 120 valence electrons. The first-order valence-corrected chi connectivity index (χ1v) is 8.08. The number of halogens is 1. The Morgan fingerprint density at radius 3 is 2.96 bits per heavy atom. The Labute approximate surface area is 141 Å². The summed E-state index contributed by atoms with van der Waals surface area (Å²) in [5, 5.41) is 7.98. The van der Waals surface area contributed by atoms with Gasteiger partial charge in [-0.1, -0.05) is 29.8 Å². The molecule has 2 aromatic carbocycles. The van der Waals surface area contributed by atoms with Crippen molar-refractivity contribution >= 4 is 22.5 Å². The van der Waals surface area contributed by atoms with Crippen LogP contribution in [-0.2, 0) is 13.1 Å². The molecule has 5 heteroatoms. The van der Waals surface area contributed by atoms with E-state index in [1.54, 1.807) is 0 Å². The highest BCUT2D eigenvalue weighted by molar-refractivity contribution is 6.69. The maximum absolute atomic E-state index is 6.15. The quantitative estimate of drug-likeness (QED) is 0.868. The number of benzene rings is 2. The lowest BCUT2D eigenvalue weighted by atomic mass is 10.1. The standard InChI is InChI=1S/C18H20ClN3O/c1-12(2)23-16-5-3-4-13(8-16)10-20-15-7-6-14-11-21-22-18(19)17(14)9-15/h3-9,12,20-21H,10-11H2,1-2H3. The minimum absolute atomic E-state index is 0.175. The molecule has 2 aromatic rings. The lowest BCUT2D eigenvalue weighted by molar-refractivity contribution is 0.242. The van der Waals surface area contributed by atoms with Gasteiger partial charge in [-0.3, -0.25) is 0 Å². The molecule has 23 heavy (non-hydrogen) atoms. The summed E-state index contributed by atoms with van der Waals surface area (Å²) in [6.07, 6.45) is 0.175. The van der Waals surface area contributed by atoms with Gasteiger partial charge in [0.15, 0.2) is 5.17 Å². The van der Waals surface area contributed by atoms with Gasteiger partial charge in [-0.15, -0.1) is 0 Å². The van der Waals surface area contributed by atoms with Gasteiger partial charge in [-0.2, -0.15) is 5.10 Å². The average Bonchev–Trinajstić information content (AvgIpc) is 2.53. The molecule has 0 spiro atoms. The highest BCUT2D eigenvalue weighted by atomic mass is 35.5. The molecule has 0 aromatic heterocycles. The number of fused-ring (bicyclic) bond motifs is 1. The van der Waals surface area contributed by atoms with Crippen molar-refractivity contribution in [2.24, 2.45) is 5.10 Å². The van der Waals surface area contributed by atoms with Crippen LogP contribution in [0.3, 0.4) is 0 Å². The first-order valence-electron chi connectivity index (χ1n) is 7.70. The summed E-state index contributed by atoms with van der Waals surface area (Å²) in [7, 11) is 0. The Bertz CT molecular complexity index is 728. The van der Waals surface area contributed by atoms with Crippen molar-refractivity contribution < 1.29 is 4.74 Å². The molecule has 0 bridgehead atoms. The summed E-state index contributed by atoms with van der Waals surface area (Å²) >= 11 is 6.15. The number of ether oxygens (including phenoxy) is 1. The van der Waals surface area contributed by atoms with E-state index in [9.17, 15) is 0 Å². The first kappa shape index (κ1) is 15.7. The molecule has 3 rings (SSSR count). The summed E-state index contributed by atoms with van der Waals surface area (Å²) in [5.74, 6) is 0.894. The molecule has 1 aliphatic rings. The van der Waals surface area contributed by atoms with E-state index < -0.39 is 0 Å². The Kier molecular flexibility index (Phi) is 4.72. The summed E-state index contributed by atoms with van der Waals surface area (Å²) in [4.78, 5) is 0. The van der Waals surface area contributed by atoms with Crippen LogP contribution in [0.15, 0.2) is 47.6 Å². The van der Waals surface area contributed by atoms with Gasteiger partial charge < -0.3 is 15.5 Å². The lowest BCUT2D eigenvalue weighted by Crippen LogP contribution is -2.17. The number of hydrazone groups is 1. The van der Waals surface area contributed by atoms with E-state index in [0.29, 0.717) is 11.7 Å². The normalized spacial score (nSPS) is 13.1. The maximum atomic E-state index is 6.15. The van der Waals surface area contributed by atoms with Crippen LogP contribution in [0.25, 0.3) is 0 Å². The molecule has 0 amide bonds. The molecule has 0 saturated carbocycles. The molecule has 0 radical (unpaired) electrons. The van der Waals surface area contributed by atoms with Crippen molar-refractivity contribution in [3.63, 3.8) is 0 Å². The van der Waals surface area contributed by atoms with Crippen LogP contribution < -0.4 is 15.5 Å². The van der Waals surface area contributed by atoms with Crippen LogP contribution >= 0.6 is 11.6 Å². The minimum atomic E-state index is 0.175. The van der Waals surface area contributed by atoms with E-state index in [2.05, 4.69) is 40.1 Å². The Morgan fingerprint density at radius 2 is 2.13 bits per heavy atom. The first-order chi connectivity index (χ1) is 11.1. The molecular formula is C18H20ClN3O. The van der Waals surface area contributed by atoms with Crippen LogP contribution in [0.2, 0.25) is 0 Å². The number of hydrogen-bond acceptors (Lipinski definition) is 4. The van der Waals surface area contributed by atoms with Gasteiger partial charge in [0.2, 0.25) is 0 Å². The highest BCUT2D eigenvalue weighted by Crippen LogP contribution is 2.22. The van der Waals surface area contributed by atoms with Crippen LogP contribution in [-0.4, -0.2) is 11.3 Å². The zero-order chi connectivity index (χ0) is 16.2. The van der Waals surface area contributed by atoms with Crippen LogP contribution in [0.1, 0.15) is 30.5 Å². The summed E-state index contributed by atoms with van der Waals surface area (Å²) in [5.41, 5.74) is 7.24. The minimum Gasteiger partial charge on any atom is -0.491 e. The third kappa shape index (κ3) is 3.96. The fraction of sp³-hybridized carbons (Fsp3) is 0.278. The van der Waals surface area contributed by atoms with E-state index in [-0.39, 0.29) is 6.10 Å². The number of hydrogen-bond donors (Lipinski definition) is 2. The summed E-state index contributed by atoms with van der Waals surface area (Å²) in [6.45, 7) is 5.48.